The lowest BCUT2D eigenvalue weighted by molar-refractivity contribution is -0.141. The Morgan fingerprint density at radius 2 is 1.90 bits per heavy atom. The van der Waals surface area contributed by atoms with Crippen LogP contribution in [0, 0.1) is 6.92 Å². The van der Waals surface area contributed by atoms with E-state index in [1.807, 2.05) is 13.0 Å². The van der Waals surface area contributed by atoms with Crippen LogP contribution in [0.5, 0.6) is 0 Å². The van der Waals surface area contributed by atoms with Gasteiger partial charge in [0.15, 0.2) is 5.69 Å². The third-order valence-corrected chi connectivity index (χ3v) is 3.10. The van der Waals surface area contributed by atoms with Gasteiger partial charge in [0, 0.05) is 16.2 Å². The van der Waals surface area contributed by atoms with Crippen molar-refractivity contribution in [2.45, 2.75) is 13.1 Å². The van der Waals surface area contributed by atoms with E-state index in [0.29, 0.717) is 5.69 Å². The summed E-state index contributed by atoms with van der Waals surface area (Å²) in [5, 5.41) is 2.34. The van der Waals surface area contributed by atoms with Gasteiger partial charge >= 0.3 is 6.18 Å². The van der Waals surface area contributed by atoms with Gasteiger partial charge in [-0.2, -0.15) is 13.2 Å². The molecule has 3 nitrogen and oxygen atoms in total. The number of halogens is 5. The molecule has 0 bridgehead atoms. The van der Waals surface area contributed by atoms with Crippen molar-refractivity contribution < 1.29 is 13.2 Å². The Hall–Kier alpha value is -1.34. The summed E-state index contributed by atoms with van der Waals surface area (Å²) in [7, 11) is 0. The number of alkyl halides is 3. The molecule has 106 valence electrons. The quantitative estimate of drug-likeness (QED) is 0.763. The normalized spacial score (nSPS) is 11.5. The number of hydrogen-bond donors (Lipinski definition) is 1. The number of hydrogen-bond acceptors (Lipinski definition) is 3. The first kappa shape index (κ1) is 15.1. The first-order chi connectivity index (χ1) is 9.25. The van der Waals surface area contributed by atoms with Crippen molar-refractivity contribution in [1.29, 1.82) is 0 Å². The van der Waals surface area contributed by atoms with Crippen LogP contribution in [0.15, 0.2) is 28.7 Å². The highest BCUT2D eigenvalue weighted by Gasteiger charge is 2.33. The Labute approximate surface area is 126 Å². The molecule has 1 aromatic carbocycles. The van der Waals surface area contributed by atoms with Crippen LogP contribution in [-0.4, -0.2) is 9.97 Å². The highest BCUT2D eigenvalue weighted by molar-refractivity contribution is 9.10. The molecular weight excluding hydrogens is 359 g/mol. The fourth-order valence-corrected chi connectivity index (χ4v) is 2.19. The van der Waals surface area contributed by atoms with E-state index in [4.69, 9.17) is 11.6 Å². The number of nitrogens with zero attached hydrogens (tertiary/aromatic N) is 2. The predicted octanol–water partition coefficient (Wildman–Crippen LogP) is 4.96. The number of benzene rings is 1. The molecule has 0 aliphatic carbocycles. The summed E-state index contributed by atoms with van der Waals surface area (Å²) in [5.41, 5.74) is 0.397. The maximum atomic E-state index is 12.6. The second kappa shape index (κ2) is 5.57. The second-order valence-corrected chi connectivity index (χ2v) is 5.24. The first-order valence-corrected chi connectivity index (χ1v) is 6.58. The van der Waals surface area contributed by atoms with Crippen molar-refractivity contribution in [3.8, 4) is 0 Å². The Kier molecular flexibility index (Phi) is 4.19. The van der Waals surface area contributed by atoms with Gasteiger partial charge in [0.1, 0.15) is 5.82 Å². The van der Waals surface area contributed by atoms with Crippen molar-refractivity contribution in [1.82, 2.24) is 9.97 Å². The van der Waals surface area contributed by atoms with Crippen LogP contribution >= 0.6 is 27.5 Å². The number of nitrogens with one attached hydrogen (secondary N) is 1. The summed E-state index contributed by atoms with van der Waals surface area (Å²) in [6.07, 6.45) is -4.57. The lowest BCUT2D eigenvalue weighted by Crippen LogP contribution is -2.10. The summed E-state index contributed by atoms with van der Waals surface area (Å²) in [6, 6.07) is 6.13. The maximum Gasteiger partial charge on any atom is 0.433 e. The lowest BCUT2D eigenvalue weighted by Gasteiger charge is -2.11. The SMILES string of the molecule is Cc1cc(Br)ccc1Nc1cc(C(F)(F)F)nc(Cl)n1. The Morgan fingerprint density at radius 3 is 2.50 bits per heavy atom. The van der Waals surface area contributed by atoms with Gasteiger partial charge in [-0.3, -0.25) is 0 Å². The van der Waals surface area contributed by atoms with Crippen LogP contribution in [0.3, 0.4) is 0 Å². The smallest absolute Gasteiger partial charge is 0.340 e. The predicted molar refractivity (Wildman–Crippen MR) is 74.2 cm³/mol. The zero-order valence-corrected chi connectivity index (χ0v) is 12.4. The molecule has 20 heavy (non-hydrogen) atoms. The van der Waals surface area contributed by atoms with Crippen LogP contribution < -0.4 is 5.32 Å². The third-order valence-electron chi connectivity index (χ3n) is 2.44. The highest BCUT2D eigenvalue weighted by Crippen LogP contribution is 2.31. The molecule has 0 aliphatic heterocycles. The van der Waals surface area contributed by atoms with Crippen molar-refractivity contribution >= 4 is 39.0 Å². The van der Waals surface area contributed by atoms with Crippen LogP contribution in [0.1, 0.15) is 11.3 Å². The molecule has 0 saturated carbocycles. The fraction of sp³-hybridized carbons (Fsp3) is 0.167. The largest absolute Gasteiger partial charge is 0.433 e. The molecular formula is C12H8BrClF3N3. The van der Waals surface area contributed by atoms with E-state index in [-0.39, 0.29) is 5.82 Å². The lowest BCUT2D eigenvalue weighted by atomic mass is 10.2. The van der Waals surface area contributed by atoms with E-state index < -0.39 is 17.2 Å². The van der Waals surface area contributed by atoms with Crippen LogP contribution in [0.2, 0.25) is 5.28 Å². The minimum Gasteiger partial charge on any atom is -0.340 e. The van der Waals surface area contributed by atoms with Gasteiger partial charge in [-0.05, 0) is 42.3 Å². The number of anilines is 2. The standard InChI is InChI=1S/C12H8BrClF3N3/c1-6-4-7(13)2-3-8(6)18-10-5-9(12(15,16)17)19-11(14)20-10/h2-5H,1H3,(H,18,19,20). The molecule has 2 aromatic rings. The zero-order chi connectivity index (χ0) is 14.9. The van der Waals surface area contributed by atoms with E-state index in [9.17, 15) is 13.2 Å². The molecule has 8 heteroatoms. The minimum absolute atomic E-state index is 0.0113. The Morgan fingerprint density at radius 1 is 1.20 bits per heavy atom. The molecule has 0 radical (unpaired) electrons. The summed E-state index contributed by atoms with van der Waals surface area (Å²) >= 11 is 8.83. The molecule has 0 fully saturated rings. The van der Waals surface area contributed by atoms with Crippen molar-refractivity contribution in [3.63, 3.8) is 0 Å². The molecule has 2 rings (SSSR count). The van der Waals surface area contributed by atoms with Crippen LogP contribution in [0.4, 0.5) is 24.7 Å². The molecule has 0 saturated heterocycles. The zero-order valence-electron chi connectivity index (χ0n) is 10.1. The molecule has 0 unspecified atom stereocenters. The maximum absolute atomic E-state index is 12.6. The summed E-state index contributed by atoms with van der Waals surface area (Å²) in [6.45, 7) is 1.82. The van der Waals surface area contributed by atoms with E-state index in [0.717, 1.165) is 16.1 Å². The topological polar surface area (TPSA) is 37.8 Å². The van der Waals surface area contributed by atoms with E-state index in [2.05, 4.69) is 31.2 Å². The highest BCUT2D eigenvalue weighted by atomic mass is 79.9. The Balaban J connectivity index is 2.36. The summed E-state index contributed by atoms with van der Waals surface area (Å²) in [4.78, 5) is 6.90. The second-order valence-electron chi connectivity index (χ2n) is 3.99. The third kappa shape index (κ3) is 3.61. The van der Waals surface area contributed by atoms with E-state index >= 15 is 0 Å². The van der Waals surface area contributed by atoms with Gasteiger partial charge in [-0.25, -0.2) is 9.97 Å². The molecule has 1 heterocycles. The van der Waals surface area contributed by atoms with E-state index in [1.54, 1.807) is 12.1 Å². The molecule has 0 amide bonds. The van der Waals surface area contributed by atoms with Gasteiger partial charge in [0.2, 0.25) is 5.28 Å². The minimum atomic E-state index is -4.57. The van der Waals surface area contributed by atoms with Gasteiger partial charge < -0.3 is 5.32 Å². The monoisotopic (exact) mass is 365 g/mol. The number of rotatable bonds is 2. The van der Waals surface area contributed by atoms with E-state index in [1.165, 1.54) is 0 Å². The fourth-order valence-electron chi connectivity index (χ4n) is 1.53. The molecule has 1 aromatic heterocycles. The van der Waals surface area contributed by atoms with Crippen LogP contribution in [0.25, 0.3) is 0 Å². The van der Waals surface area contributed by atoms with Crippen molar-refractivity contribution in [2.24, 2.45) is 0 Å². The van der Waals surface area contributed by atoms with Gasteiger partial charge in [0.05, 0.1) is 0 Å². The first-order valence-electron chi connectivity index (χ1n) is 5.40. The molecule has 1 N–H and O–H groups in total. The number of aromatic nitrogens is 2. The van der Waals surface area contributed by atoms with Crippen LogP contribution in [-0.2, 0) is 6.18 Å². The summed E-state index contributed by atoms with van der Waals surface area (Å²) < 4.78 is 38.8. The molecule has 0 spiro atoms. The Bertz CT molecular complexity index is 646. The van der Waals surface area contributed by atoms with Gasteiger partial charge in [0.25, 0.3) is 0 Å². The average molecular weight is 367 g/mol. The average Bonchev–Trinajstić information content (AvgIpc) is 2.31. The molecule has 0 aliphatic rings. The molecule has 0 atom stereocenters. The van der Waals surface area contributed by atoms with Gasteiger partial charge in [-0.15, -0.1) is 0 Å². The van der Waals surface area contributed by atoms with Gasteiger partial charge in [-0.1, -0.05) is 15.9 Å². The number of aryl methyl sites for hydroxylation is 1. The van der Waals surface area contributed by atoms with Crippen molar-refractivity contribution in [2.75, 3.05) is 5.32 Å². The summed E-state index contributed by atoms with van der Waals surface area (Å²) in [5.74, 6) is -0.0113. The van der Waals surface area contributed by atoms with Crippen molar-refractivity contribution in [3.05, 3.63) is 45.3 Å².